The summed E-state index contributed by atoms with van der Waals surface area (Å²) in [5.41, 5.74) is 5.74. The third-order valence-corrected chi connectivity index (χ3v) is 13.3. The van der Waals surface area contributed by atoms with Gasteiger partial charge >= 0.3 is 11.9 Å². The first-order valence-corrected chi connectivity index (χ1v) is 24.1. The molecule has 4 aromatic carbocycles. The molecule has 2 saturated heterocycles. The Morgan fingerprint density at radius 1 is 0.594 bits per heavy atom. The first-order valence-electron chi connectivity index (χ1n) is 24.1. The lowest BCUT2D eigenvalue weighted by Gasteiger charge is -2.31. The molecule has 0 amide bonds. The molecule has 13 nitrogen and oxygen atoms in total. The van der Waals surface area contributed by atoms with Gasteiger partial charge in [0.25, 0.3) is 0 Å². The maximum atomic E-state index is 14.1. The van der Waals surface area contributed by atoms with Crippen molar-refractivity contribution in [2.45, 2.75) is 71.4 Å². The number of hydrogen-bond acceptors (Lipinski definition) is 9. The minimum absolute atomic E-state index is 0.123. The Hall–Kier alpha value is -6.00. The number of fused-ring (bicyclic) bond motifs is 2. The molecule has 370 valence electrons. The minimum Gasteiger partial charge on any atom is -0.497 e. The van der Waals surface area contributed by atoms with Crippen LogP contribution in [0.2, 0.25) is 0 Å². The number of aromatic carboxylic acids is 2. The number of benzene rings is 4. The highest BCUT2D eigenvalue weighted by molar-refractivity contribution is 5.92. The molecule has 2 aliphatic rings. The Morgan fingerprint density at radius 3 is 1.55 bits per heavy atom. The number of methoxy groups -OCH3 is 1. The van der Waals surface area contributed by atoms with Crippen LogP contribution in [0.1, 0.15) is 88.8 Å². The van der Waals surface area contributed by atoms with Gasteiger partial charge in [-0.15, -0.1) is 0 Å². The van der Waals surface area contributed by atoms with Crippen LogP contribution in [0.5, 0.6) is 17.2 Å². The highest BCUT2D eigenvalue weighted by Gasteiger charge is 2.26. The van der Waals surface area contributed by atoms with Gasteiger partial charge < -0.3 is 43.0 Å². The van der Waals surface area contributed by atoms with Crippen LogP contribution >= 0.6 is 0 Å². The number of aromatic nitrogens is 2. The molecule has 0 atom stereocenters. The number of nitrogens with zero attached hydrogens (tertiary/aromatic N) is 4. The number of aryl methyl sites for hydroxylation is 1. The number of carboxylic acids is 2. The van der Waals surface area contributed by atoms with Gasteiger partial charge in [-0.05, 0) is 156 Å². The van der Waals surface area contributed by atoms with Crippen LogP contribution in [0.3, 0.4) is 0 Å². The molecular formula is C54H66F2N4O9. The molecule has 2 aliphatic heterocycles. The Bertz CT molecular complexity index is 2650. The molecule has 15 heteroatoms. The average molecular weight is 953 g/mol. The minimum atomic E-state index is -1.03. The molecule has 69 heavy (non-hydrogen) atoms. The summed E-state index contributed by atoms with van der Waals surface area (Å²) in [4.78, 5) is 27.6. The molecule has 0 bridgehead atoms. The van der Waals surface area contributed by atoms with Gasteiger partial charge in [0.15, 0.2) is 0 Å². The molecule has 0 radical (unpaired) electrons. The van der Waals surface area contributed by atoms with Crippen LogP contribution in [0.25, 0.3) is 21.8 Å². The van der Waals surface area contributed by atoms with Crippen molar-refractivity contribution >= 4 is 33.7 Å². The van der Waals surface area contributed by atoms with Crippen LogP contribution in [0, 0.1) is 18.6 Å². The maximum Gasteiger partial charge on any atom is 0.339 e. The summed E-state index contributed by atoms with van der Waals surface area (Å²) < 4.78 is 60.3. The van der Waals surface area contributed by atoms with E-state index in [0.29, 0.717) is 75.3 Å². The molecule has 6 aromatic rings. The van der Waals surface area contributed by atoms with Crippen molar-refractivity contribution in [2.75, 3.05) is 86.0 Å². The van der Waals surface area contributed by atoms with Gasteiger partial charge in [0.1, 0.15) is 53.2 Å². The predicted molar refractivity (Wildman–Crippen MR) is 263 cm³/mol. The van der Waals surface area contributed by atoms with Gasteiger partial charge in [0, 0.05) is 79.7 Å². The summed E-state index contributed by atoms with van der Waals surface area (Å²) in [6.45, 7) is 15.9. The van der Waals surface area contributed by atoms with E-state index in [9.17, 15) is 28.6 Å². The lowest BCUT2D eigenvalue weighted by atomic mass is 9.89. The number of halogens is 2. The van der Waals surface area contributed by atoms with E-state index in [1.165, 1.54) is 36.4 Å². The Morgan fingerprint density at radius 2 is 1.09 bits per heavy atom. The number of carbonyl (C=O) groups is 2. The fourth-order valence-electron chi connectivity index (χ4n) is 9.60. The second kappa shape index (κ2) is 24.5. The van der Waals surface area contributed by atoms with E-state index in [0.717, 1.165) is 98.9 Å². The van der Waals surface area contributed by atoms with Crippen molar-refractivity contribution in [3.63, 3.8) is 0 Å². The number of rotatable bonds is 21. The molecule has 0 saturated carbocycles. The second-order valence-electron chi connectivity index (χ2n) is 17.7. The van der Waals surface area contributed by atoms with Crippen LogP contribution in [-0.4, -0.2) is 127 Å². The molecule has 2 aromatic heterocycles. The van der Waals surface area contributed by atoms with E-state index in [2.05, 4.69) is 31.3 Å². The van der Waals surface area contributed by atoms with Crippen molar-refractivity contribution < 1.29 is 52.3 Å². The van der Waals surface area contributed by atoms with E-state index >= 15 is 0 Å². The van der Waals surface area contributed by atoms with Gasteiger partial charge in [0.2, 0.25) is 0 Å². The van der Waals surface area contributed by atoms with Gasteiger partial charge in [-0.2, -0.15) is 0 Å². The standard InChI is InChI=1S/C27H33FN2O5.C27H33FN2O4/c1-3-34-14-13-30-18-24(23-16-20(28)4-7-25(23)30)19-8-10-29(11-9-19)12-15-35-26-17-21(33-2)5-6-22(26)27(31)32;1-3-33-14-13-30-18-24(22-17-21(28)5-6-25(22)30)20-8-10-29(11-9-20)12-15-34-26-7-4-19(2)16-23(26)27(31)32/h4-7,16-19H,3,8-15H2,1-2H3,(H,31,32);4-7,16-18,20H,3,8-15H2,1-2H3,(H,31,32). The maximum absolute atomic E-state index is 14.1. The fraction of sp³-hybridized carbons (Fsp3) is 0.444. The number of hydrogen-bond donors (Lipinski definition) is 2. The third-order valence-electron chi connectivity index (χ3n) is 13.3. The number of carboxylic acid groups (broad SMARTS) is 2. The van der Waals surface area contributed by atoms with Crippen LogP contribution in [0.4, 0.5) is 8.78 Å². The molecule has 2 fully saturated rings. The van der Waals surface area contributed by atoms with E-state index in [1.54, 1.807) is 36.4 Å². The Kier molecular flexibility index (Phi) is 18.1. The van der Waals surface area contributed by atoms with Crippen molar-refractivity contribution in [3.8, 4) is 17.2 Å². The van der Waals surface area contributed by atoms with Crippen LogP contribution in [-0.2, 0) is 22.6 Å². The van der Waals surface area contributed by atoms with Gasteiger partial charge in [-0.25, -0.2) is 18.4 Å². The van der Waals surface area contributed by atoms with Crippen molar-refractivity contribution in [2.24, 2.45) is 0 Å². The zero-order valence-corrected chi connectivity index (χ0v) is 40.3. The van der Waals surface area contributed by atoms with Crippen molar-refractivity contribution in [1.82, 2.24) is 18.9 Å². The average Bonchev–Trinajstić information content (AvgIpc) is 3.89. The molecule has 0 unspecified atom stereocenters. The van der Waals surface area contributed by atoms with E-state index in [4.69, 9.17) is 23.7 Å². The number of likely N-dealkylation sites (tertiary alicyclic amines) is 2. The quantitative estimate of drug-likeness (QED) is 0.0668. The summed E-state index contributed by atoms with van der Waals surface area (Å²) in [6.07, 6.45) is 8.28. The summed E-state index contributed by atoms with van der Waals surface area (Å²) in [6, 6.07) is 20.0. The monoisotopic (exact) mass is 952 g/mol. The molecule has 8 rings (SSSR count). The van der Waals surface area contributed by atoms with Crippen LogP contribution < -0.4 is 14.2 Å². The lowest BCUT2D eigenvalue weighted by Crippen LogP contribution is -2.35. The molecule has 4 heterocycles. The zero-order chi connectivity index (χ0) is 48.9. The highest BCUT2D eigenvalue weighted by Crippen LogP contribution is 2.37. The SMILES string of the molecule is CCOCCn1cc(C2CCN(CCOc3cc(OC)ccc3C(=O)O)CC2)c2cc(F)ccc21.CCOCCn1cc(C2CCN(CCOc3ccc(C)cc3C(=O)O)CC2)c2cc(F)ccc21. The van der Waals surface area contributed by atoms with Crippen molar-refractivity contribution in [3.05, 3.63) is 125 Å². The fourth-order valence-corrected chi connectivity index (χ4v) is 9.60. The molecule has 0 aliphatic carbocycles. The van der Waals surface area contributed by atoms with E-state index in [-0.39, 0.29) is 22.8 Å². The predicted octanol–water partition coefficient (Wildman–Crippen LogP) is 9.86. The second-order valence-corrected chi connectivity index (χ2v) is 17.7. The topological polar surface area (TPSA) is 137 Å². The molecule has 0 spiro atoms. The summed E-state index contributed by atoms with van der Waals surface area (Å²) in [7, 11) is 1.54. The number of ether oxygens (including phenoxy) is 5. The van der Waals surface area contributed by atoms with E-state index < -0.39 is 11.9 Å². The first kappa shape index (κ1) is 50.9. The summed E-state index contributed by atoms with van der Waals surface area (Å²) in [5.74, 6) is -0.396. The van der Waals surface area contributed by atoms with Gasteiger partial charge in [-0.1, -0.05) is 11.6 Å². The van der Waals surface area contributed by atoms with Gasteiger partial charge in [-0.3, -0.25) is 9.80 Å². The summed E-state index contributed by atoms with van der Waals surface area (Å²) in [5, 5.41) is 20.8. The number of piperidine rings is 2. The van der Waals surface area contributed by atoms with E-state index in [1.807, 2.05) is 39.0 Å². The van der Waals surface area contributed by atoms with Gasteiger partial charge in [0.05, 0.1) is 20.3 Å². The smallest absolute Gasteiger partial charge is 0.339 e. The first-order chi connectivity index (χ1) is 33.5. The Balaban J connectivity index is 0.000000204. The summed E-state index contributed by atoms with van der Waals surface area (Å²) >= 11 is 0. The molecular weight excluding hydrogens is 887 g/mol. The lowest BCUT2D eigenvalue weighted by molar-refractivity contribution is 0.0680. The molecule has 2 N–H and O–H groups in total. The van der Waals surface area contributed by atoms with Crippen molar-refractivity contribution in [1.29, 1.82) is 0 Å². The largest absolute Gasteiger partial charge is 0.497 e. The normalized spacial score (nSPS) is 15.0. The third kappa shape index (κ3) is 13.2. The van der Waals surface area contributed by atoms with Crippen LogP contribution in [0.15, 0.2) is 85.2 Å². The zero-order valence-electron chi connectivity index (χ0n) is 40.3. The Labute approximate surface area is 403 Å². The highest BCUT2D eigenvalue weighted by atomic mass is 19.1.